The highest BCUT2D eigenvalue weighted by Gasteiger charge is 2.37. The molecule has 1 aromatic rings. The normalized spacial score (nSPS) is 11.7. The first-order valence-corrected chi connectivity index (χ1v) is 9.12. The third-order valence-electron chi connectivity index (χ3n) is 2.85. The molecule has 0 saturated carbocycles. The first-order chi connectivity index (χ1) is 12.2. The van der Waals surface area contributed by atoms with Crippen molar-refractivity contribution in [2.45, 2.75) is 59.7 Å². The van der Waals surface area contributed by atoms with Crippen LogP contribution in [0.5, 0.6) is 0 Å². The van der Waals surface area contributed by atoms with E-state index in [0.717, 1.165) is 0 Å². The van der Waals surface area contributed by atoms with Crippen LogP contribution in [0.3, 0.4) is 0 Å². The van der Waals surface area contributed by atoms with Gasteiger partial charge in [0.2, 0.25) is 5.82 Å². The van der Waals surface area contributed by atoms with E-state index in [1.165, 1.54) is 11.6 Å². The second-order valence-electron chi connectivity index (χ2n) is 7.63. The van der Waals surface area contributed by atoms with Gasteiger partial charge in [-0.1, -0.05) is 0 Å². The van der Waals surface area contributed by atoms with Gasteiger partial charge >= 0.3 is 18.2 Å². The number of imidazole rings is 1. The Labute approximate surface area is 167 Å². The quantitative estimate of drug-likeness (QED) is 0.508. The smallest absolute Gasteiger partial charge is 0.425 e. The number of hydrogen-bond acceptors (Lipinski definition) is 7. The van der Waals surface area contributed by atoms with Crippen molar-refractivity contribution in [1.29, 1.82) is 0 Å². The van der Waals surface area contributed by atoms with Crippen LogP contribution in [0.4, 0.5) is 15.4 Å². The number of esters is 1. The molecule has 2 amide bonds. The van der Waals surface area contributed by atoms with E-state index >= 15 is 0 Å². The third-order valence-corrected chi connectivity index (χ3v) is 3.38. The number of carbonyl (C=O) groups excluding carboxylic acids is 3. The summed E-state index contributed by atoms with van der Waals surface area (Å²) >= 11 is 3.19. The van der Waals surface area contributed by atoms with Gasteiger partial charge in [0, 0.05) is 7.05 Å². The topological polar surface area (TPSA) is 100.0 Å². The largest absolute Gasteiger partial charge is 0.460 e. The Bertz CT molecular complexity index is 702. The molecule has 27 heavy (non-hydrogen) atoms. The standard InChI is InChI=1S/C17H26BrN3O6/c1-9-25-13(22)11-19-10(18)12(20(11)8)21(14(23)26-16(2,3)4)15(24)27-17(5,6)7/h9H2,1-8H3. The molecule has 0 bridgehead atoms. The summed E-state index contributed by atoms with van der Waals surface area (Å²) in [5.41, 5.74) is -1.71. The van der Waals surface area contributed by atoms with E-state index in [2.05, 4.69) is 20.9 Å². The zero-order valence-electron chi connectivity index (χ0n) is 16.9. The Morgan fingerprint density at radius 1 is 1.04 bits per heavy atom. The van der Waals surface area contributed by atoms with Crippen LogP contribution in [0.2, 0.25) is 0 Å². The molecule has 1 aromatic heterocycles. The molecule has 0 aliphatic heterocycles. The number of anilines is 1. The second-order valence-corrected chi connectivity index (χ2v) is 8.38. The minimum atomic E-state index is -0.962. The molecule has 0 aromatic carbocycles. The van der Waals surface area contributed by atoms with E-state index in [1.807, 2.05) is 0 Å². The molecule has 1 heterocycles. The van der Waals surface area contributed by atoms with E-state index in [4.69, 9.17) is 14.2 Å². The van der Waals surface area contributed by atoms with Crippen LogP contribution >= 0.6 is 15.9 Å². The van der Waals surface area contributed by atoms with Crippen LogP contribution in [0.1, 0.15) is 59.1 Å². The molecule has 0 fully saturated rings. The Morgan fingerprint density at radius 2 is 1.48 bits per heavy atom. The van der Waals surface area contributed by atoms with E-state index < -0.39 is 29.4 Å². The first kappa shape index (κ1) is 22.9. The van der Waals surface area contributed by atoms with Crippen molar-refractivity contribution in [1.82, 2.24) is 9.55 Å². The molecule has 0 unspecified atom stereocenters. The number of hydrogen-bond donors (Lipinski definition) is 0. The summed E-state index contributed by atoms with van der Waals surface area (Å²) in [5.74, 6) is -0.794. The highest BCUT2D eigenvalue weighted by molar-refractivity contribution is 9.10. The van der Waals surface area contributed by atoms with Crippen LogP contribution < -0.4 is 4.90 Å². The van der Waals surface area contributed by atoms with Crippen molar-refractivity contribution < 1.29 is 28.6 Å². The van der Waals surface area contributed by atoms with E-state index in [9.17, 15) is 14.4 Å². The number of nitrogens with zero attached hydrogens (tertiary/aromatic N) is 3. The van der Waals surface area contributed by atoms with Gasteiger partial charge in [0.25, 0.3) is 0 Å². The molecule has 10 heteroatoms. The van der Waals surface area contributed by atoms with E-state index in [-0.39, 0.29) is 22.9 Å². The van der Waals surface area contributed by atoms with Crippen molar-refractivity contribution in [3.63, 3.8) is 0 Å². The first-order valence-electron chi connectivity index (χ1n) is 8.33. The Balaban J connectivity index is 3.45. The Morgan fingerprint density at radius 3 is 1.85 bits per heavy atom. The summed E-state index contributed by atoms with van der Waals surface area (Å²) in [6, 6.07) is 0. The van der Waals surface area contributed by atoms with Crippen LogP contribution in [0.25, 0.3) is 0 Å². The predicted octanol–water partition coefficient (Wildman–Crippen LogP) is 4.04. The van der Waals surface area contributed by atoms with Gasteiger partial charge in [-0.05, 0) is 64.4 Å². The van der Waals surface area contributed by atoms with Crippen LogP contribution in [0.15, 0.2) is 4.60 Å². The average molecular weight is 448 g/mol. The van der Waals surface area contributed by atoms with Gasteiger partial charge in [0.15, 0.2) is 10.4 Å². The maximum atomic E-state index is 12.7. The summed E-state index contributed by atoms with van der Waals surface area (Å²) in [4.78, 5) is 42.3. The van der Waals surface area contributed by atoms with Crippen LogP contribution in [0, 0.1) is 0 Å². The second kappa shape index (κ2) is 8.28. The fourth-order valence-corrected chi connectivity index (χ4v) is 2.55. The number of ether oxygens (including phenoxy) is 3. The number of rotatable bonds is 3. The van der Waals surface area contributed by atoms with E-state index in [1.54, 1.807) is 48.5 Å². The SMILES string of the molecule is CCOC(=O)c1nc(Br)c(N(C(=O)OC(C)(C)C)C(=O)OC(C)(C)C)n1C. The minimum absolute atomic E-state index is 0.0125. The van der Waals surface area contributed by atoms with Gasteiger partial charge in [-0.15, -0.1) is 0 Å². The number of aromatic nitrogens is 2. The van der Waals surface area contributed by atoms with Gasteiger partial charge in [0.05, 0.1) is 6.61 Å². The summed E-state index contributed by atoms with van der Waals surface area (Å²) in [7, 11) is 1.47. The van der Waals surface area contributed by atoms with E-state index in [0.29, 0.717) is 4.90 Å². The van der Waals surface area contributed by atoms with Crippen LogP contribution in [-0.2, 0) is 21.3 Å². The molecule has 0 aliphatic carbocycles. The molecule has 152 valence electrons. The van der Waals surface area contributed by atoms with Crippen molar-refractivity contribution >= 4 is 39.9 Å². The maximum absolute atomic E-state index is 12.7. The molecule has 0 saturated heterocycles. The van der Waals surface area contributed by atoms with Gasteiger partial charge in [-0.2, -0.15) is 4.90 Å². The molecule has 9 nitrogen and oxygen atoms in total. The average Bonchev–Trinajstić information content (AvgIpc) is 2.72. The highest BCUT2D eigenvalue weighted by Crippen LogP contribution is 2.30. The van der Waals surface area contributed by atoms with Crippen molar-refractivity contribution in [3.8, 4) is 0 Å². The Hall–Kier alpha value is -2.10. The molecule has 0 atom stereocenters. The maximum Gasteiger partial charge on any atom is 0.425 e. The number of carbonyl (C=O) groups is 3. The monoisotopic (exact) mass is 447 g/mol. The van der Waals surface area contributed by atoms with Gasteiger partial charge in [-0.25, -0.2) is 19.4 Å². The van der Waals surface area contributed by atoms with Crippen molar-refractivity contribution in [3.05, 3.63) is 10.4 Å². The number of imide groups is 1. The zero-order chi connectivity index (χ0) is 21.2. The Kier molecular flexibility index (Phi) is 7.04. The molecule has 0 spiro atoms. The fraction of sp³-hybridized carbons (Fsp3) is 0.647. The minimum Gasteiger partial charge on any atom is -0.460 e. The lowest BCUT2D eigenvalue weighted by molar-refractivity contribution is 0.0421. The predicted molar refractivity (Wildman–Crippen MR) is 102 cm³/mol. The summed E-state index contributed by atoms with van der Waals surface area (Å²) in [6.07, 6.45) is -1.92. The zero-order valence-corrected chi connectivity index (χ0v) is 18.5. The molecule has 0 radical (unpaired) electrons. The van der Waals surface area contributed by atoms with Gasteiger partial charge in [-0.3, -0.25) is 0 Å². The lowest BCUT2D eigenvalue weighted by Crippen LogP contribution is -2.44. The molecular weight excluding hydrogens is 422 g/mol. The fourth-order valence-electron chi connectivity index (χ4n) is 1.94. The van der Waals surface area contributed by atoms with Gasteiger partial charge in [0.1, 0.15) is 11.2 Å². The molecular formula is C17H26BrN3O6. The van der Waals surface area contributed by atoms with Crippen molar-refractivity contribution in [2.75, 3.05) is 11.5 Å². The molecule has 0 aliphatic rings. The van der Waals surface area contributed by atoms with Crippen molar-refractivity contribution in [2.24, 2.45) is 7.05 Å². The van der Waals surface area contributed by atoms with Crippen LogP contribution in [-0.4, -0.2) is 45.5 Å². The molecule has 1 rings (SSSR count). The summed E-state index contributed by atoms with van der Waals surface area (Å²) < 4.78 is 16.9. The van der Waals surface area contributed by atoms with Gasteiger partial charge < -0.3 is 18.8 Å². The summed E-state index contributed by atoms with van der Waals surface area (Å²) in [5, 5.41) is 0. The highest BCUT2D eigenvalue weighted by atomic mass is 79.9. The number of amides is 2. The third kappa shape index (κ3) is 6.23. The lowest BCUT2D eigenvalue weighted by atomic mass is 10.2. The lowest BCUT2D eigenvalue weighted by Gasteiger charge is -2.28. The summed E-state index contributed by atoms with van der Waals surface area (Å²) in [6.45, 7) is 11.8. The number of halogens is 1. The molecule has 0 N–H and O–H groups in total.